The highest BCUT2D eigenvalue weighted by Crippen LogP contribution is 2.26. The number of pyridine rings is 2. The number of unbranched alkanes of at least 4 members (excludes halogenated alkanes) is 1. The van der Waals surface area contributed by atoms with Crippen LogP contribution >= 0.6 is 11.3 Å². The number of aryl methyl sites for hydroxylation is 3. The summed E-state index contributed by atoms with van der Waals surface area (Å²) >= 11 is 1.63. The lowest BCUT2D eigenvalue weighted by atomic mass is 9.87. The summed E-state index contributed by atoms with van der Waals surface area (Å²) in [6.07, 6.45) is 13.5. The van der Waals surface area contributed by atoms with Gasteiger partial charge in [0.15, 0.2) is 0 Å². The molecule has 198 valence electrons. The topological polar surface area (TPSA) is 119 Å². The second-order valence-corrected chi connectivity index (χ2v) is 10.5. The fourth-order valence-corrected chi connectivity index (χ4v) is 5.03. The van der Waals surface area contributed by atoms with Crippen LogP contribution in [0, 0.1) is 12.8 Å². The third-order valence-corrected chi connectivity index (χ3v) is 7.08. The predicted molar refractivity (Wildman–Crippen MR) is 145 cm³/mol. The number of anilines is 1. The highest BCUT2D eigenvalue weighted by atomic mass is 32.1. The minimum atomic E-state index is -0.0720. The Morgan fingerprint density at radius 1 is 1.16 bits per heavy atom. The number of aromatic nitrogens is 4. The first-order valence-corrected chi connectivity index (χ1v) is 13.7. The summed E-state index contributed by atoms with van der Waals surface area (Å²) in [6.45, 7) is 3.13. The summed E-state index contributed by atoms with van der Waals surface area (Å²) in [7, 11) is 0. The molecule has 2 N–H and O–H groups in total. The summed E-state index contributed by atoms with van der Waals surface area (Å²) in [6, 6.07) is 8.91. The summed E-state index contributed by atoms with van der Waals surface area (Å²) in [5.74, 6) is 0.516. The second-order valence-electron chi connectivity index (χ2n) is 9.20. The van der Waals surface area contributed by atoms with Gasteiger partial charge in [-0.25, -0.2) is 0 Å². The van der Waals surface area contributed by atoms with Gasteiger partial charge in [0.1, 0.15) is 10.0 Å². The van der Waals surface area contributed by atoms with Gasteiger partial charge in [0.2, 0.25) is 12.3 Å². The molecule has 0 bridgehead atoms. The smallest absolute Gasteiger partial charge is 0.252 e. The minimum Gasteiger partial charge on any atom is -0.353 e. The van der Waals surface area contributed by atoms with Crippen LogP contribution in [0.3, 0.4) is 0 Å². The Hall–Kier alpha value is -3.40. The molecule has 2 amide bonds. The lowest BCUT2D eigenvalue weighted by Gasteiger charge is -2.20. The van der Waals surface area contributed by atoms with Crippen LogP contribution in [-0.4, -0.2) is 32.1 Å². The number of rotatable bonds is 11. The Labute approximate surface area is 221 Å². The summed E-state index contributed by atoms with van der Waals surface area (Å²) in [4.78, 5) is 38.3. The largest absolute Gasteiger partial charge is 0.353 e. The van der Waals surface area contributed by atoms with Crippen LogP contribution in [0.5, 0.6) is 0 Å². The van der Waals surface area contributed by atoms with Crippen LogP contribution < -0.4 is 16.2 Å². The Balaban J connectivity index is 0.000000319. The SMILES string of the molecule is Cc1nnc(CCCCn2ccc(NC(=O)CC3CCCCC3)cc2=O)s1.O=CNCc1ccccn1. The van der Waals surface area contributed by atoms with Crippen molar-refractivity contribution < 1.29 is 9.59 Å². The quantitative estimate of drug-likeness (QED) is 0.286. The monoisotopic (exact) mass is 524 g/mol. The molecule has 0 saturated heterocycles. The van der Waals surface area contributed by atoms with Gasteiger partial charge in [-0.15, -0.1) is 21.5 Å². The molecule has 1 saturated carbocycles. The van der Waals surface area contributed by atoms with Crippen LogP contribution in [0.4, 0.5) is 5.69 Å². The number of hydrogen-bond acceptors (Lipinski definition) is 7. The average molecular weight is 525 g/mol. The van der Waals surface area contributed by atoms with Crippen molar-refractivity contribution in [2.75, 3.05) is 5.32 Å². The molecule has 1 aliphatic carbocycles. The zero-order valence-electron chi connectivity index (χ0n) is 21.4. The van der Waals surface area contributed by atoms with Crippen molar-refractivity contribution in [3.05, 3.63) is 68.8 Å². The first-order valence-electron chi connectivity index (χ1n) is 12.9. The van der Waals surface area contributed by atoms with Gasteiger partial charge >= 0.3 is 0 Å². The second kappa shape index (κ2) is 15.7. The van der Waals surface area contributed by atoms with E-state index in [0.717, 1.165) is 47.8 Å². The minimum absolute atomic E-state index is 0.0198. The average Bonchev–Trinajstić information content (AvgIpc) is 3.33. The summed E-state index contributed by atoms with van der Waals surface area (Å²) in [5, 5.41) is 15.6. The molecule has 0 aromatic carbocycles. The molecule has 3 aromatic heterocycles. The number of carbonyl (C=O) groups is 2. The number of hydrogen-bond donors (Lipinski definition) is 2. The van der Waals surface area contributed by atoms with Crippen LogP contribution in [0.1, 0.15) is 67.1 Å². The van der Waals surface area contributed by atoms with Crippen molar-refractivity contribution in [3.8, 4) is 0 Å². The lowest BCUT2D eigenvalue weighted by Crippen LogP contribution is -2.22. The third kappa shape index (κ3) is 10.6. The molecule has 3 heterocycles. The van der Waals surface area contributed by atoms with E-state index >= 15 is 0 Å². The molecule has 10 heteroatoms. The number of amides is 2. The van der Waals surface area contributed by atoms with Gasteiger partial charge in [-0.1, -0.05) is 25.3 Å². The van der Waals surface area contributed by atoms with E-state index in [0.29, 0.717) is 37.5 Å². The van der Waals surface area contributed by atoms with Crippen LogP contribution in [0.15, 0.2) is 47.5 Å². The van der Waals surface area contributed by atoms with Crippen molar-refractivity contribution >= 4 is 29.3 Å². The summed E-state index contributed by atoms with van der Waals surface area (Å²) < 4.78 is 1.70. The van der Waals surface area contributed by atoms with Crippen molar-refractivity contribution in [3.63, 3.8) is 0 Å². The number of nitrogens with one attached hydrogen (secondary N) is 2. The highest BCUT2D eigenvalue weighted by molar-refractivity contribution is 7.11. The van der Waals surface area contributed by atoms with Crippen molar-refractivity contribution in [1.29, 1.82) is 0 Å². The van der Waals surface area contributed by atoms with E-state index in [1.807, 2.05) is 31.2 Å². The van der Waals surface area contributed by atoms with Crippen LogP contribution in [-0.2, 0) is 29.1 Å². The van der Waals surface area contributed by atoms with Crippen molar-refractivity contribution in [2.45, 2.75) is 77.8 Å². The zero-order valence-corrected chi connectivity index (χ0v) is 22.2. The molecule has 0 spiro atoms. The fraction of sp³-hybridized carbons (Fsp3) is 0.481. The predicted octanol–water partition coefficient (Wildman–Crippen LogP) is 4.27. The van der Waals surface area contributed by atoms with Gasteiger partial charge in [-0.2, -0.15) is 0 Å². The van der Waals surface area contributed by atoms with E-state index in [9.17, 15) is 14.4 Å². The Morgan fingerprint density at radius 3 is 2.68 bits per heavy atom. The molecule has 1 fully saturated rings. The molecule has 4 rings (SSSR count). The number of carbonyl (C=O) groups excluding carboxylic acids is 2. The molecule has 3 aromatic rings. The molecule has 37 heavy (non-hydrogen) atoms. The maximum absolute atomic E-state index is 12.3. The van der Waals surface area contributed by atoms with Crippen molar-refractivity contribution in [2.24, 2.45) is 5.92 Å². The zero-order chi connectivity index (χ0) is 26.3. The molecule has 9 nitrogen and oxygen atoms in total. The van der Waals surface area contributed by atoms with Crippen LogP contribution in [0.25, 0.3) is 0 Å². The van der Waals surface area contributed by atoms with Crippen LogP contribution in [0.2, 0.25) is 0 Å². The molecule has 0 atom stereocenters. The van der Waals surface area contributed by atoms with E-state index in [4.69, 9.17) is 0 Å². The maximum Gasteiger partial charge on any atom is 0.252 e. The van der Waals surface area contributed by atoms with E-state index in [1.165, 1.54) is 25.3 Å². The maximum atomic E-state index is 12.3. The molecule has 0 radical (unpaired) electrons. The molecular weight excluding hydrogens is 488 g/mol. The molecule has 0 aliphatic heterocycles. The third-order valence-electron chi connectivity index (χ3n) is 6.18. The number of nitrogens with zero attached hydrogens (tertiary/aromatic N) is 4. The normalized spacial score (nSPS) is 13.3. The Morgan fingerprint density at radius 2 is 2.00 bits per heavy atom. The lowest BCUT2D eigenvalue weighted by molar-refractivity contribution is -0.117. The van der Waals surface area contributed by atoms with E-state index in [1.54, 1.807) is 28.3 Å². The fourth-order valence-electron chi connectivity index (χ4n) is 4.28. The van der Waals surface area contributed by atoms with Gasteiger partial charge in [0.05, 0.1) is 12.2 Å². The van der Waals surface area contributed by atoms with Crippen molar-refractivity contribution in [1.82, 2.24) is 25.1 Å². The standard InChI is InChI=1S/C20H28N4O2S.C7H8N2O/c1-15-22-23-19(27-15)9-5-6-11-24-12-10-17(14-20(24)26)21-18(25)13-16-7-3-2-4-8-16;10-6-8-5-7-3-1-2-4-9-7/h10,12,14,16H,2-9,11,13H2,1H3,(H,21,25);1-4,6H,5H2,(H,8,10). The summed E-state index contributed by atoms with van der Waals surface area (Å²) in [5.41, 5.74) is 1.40. The first-order chi connectivity index (χ1) is 18.0. The van der Waals surface area contributed by atoms with Gasteiger partial charge in [0, 0.05) is 43.5 Å². The van der Waals surface area contributed by atoms with Gasteiger partial charge in [0.25, 0.3) is 5.56 Å². The van der Waals surface area contributed by atoms with Gasteiger partial charge < -0.3 is 15.2 Å². The van der Waals surface area contributed by atoms with E-state index in [-0.39, 0.29) is 11.5 Å². The first kappa shape index (κ1) is 28.2. The van der Waals surface area contributed by atoms with E-state index in [2.05, 4.69) is 25.8 Å². The molecule has 1 aliphatic rings. The Bertz CT molecular complexity index is 1160. The molecule has 0 unspecified atom stereocenters. The Kier molecular flexibility index (Phi) is 11.9. The van der Waals surface area contributed by atoms with Gasteiger partial charge in [-0.05, 0) is 56.7 Å². The highest BCUT2D eigenvalue weighted by Gasteiger charge is 2.17. The van der Waals surface area contributed by atoms with Gasteiger partial charge in [-0.3, -0.25) is 19.4 Å². The molecular formula is C27H36N6O3S. The van der Waals surface area contributed by atoms with E-state index < -0.39 is 0 Å².